The van der Waals surface area contributed by atoms with Crippen molar-refractivity contribution in [3.05, 3.63) is 33.6 Å². The van der Waals surface area contributed by atoms with E-state index < -0.39 is 0 Å². The maximum Gasteiger partial charge on any atom is 0.257 e. The largest absolute Gasteiger partial charge is 0.375 e. The standard InChI is InChI=1S/C9H9N3OS/c1-5-2-3-6(8(13)11-5)7-4-14-9(10)12-7/h2-4H,1H3,(H2,10,12)(H,11,13). The first-order chi connectivity index (χ1) is 6.66. The fourth-order valence-electron chi connectivity index (χ4n) is 1.19. The van der Waals surface area contributed by atoms with Gasteiger partial charge in [-0.2, -0.15) is 0 Å². The molecule has 0 unspecified atom stereocenters. The molecule has 0 saturated heterocycles. The molecule has 2 heterocycles. The third-order valence-corrected chi connectivity index (χ3v) is 2.53. The van der Waals surface area contributed by atoms with E-state index in [1.54, 1.807) is 11.4 Å². The van der Waals surface area contributed by atoms with Crippen molar-refractivity contribution in [1.82, 2.24) is 9.97 Å². The van der Waals surface area contributed by atoms with E-state index in [9.17, 15) is 4.79 Å². The molecule has 0 aliphatic carbocycles. The molecule has 14 heavy (non-hydrogen) atoms. The van der Waals surface area contributed by atoms with Gasteiger partial charge in [-0.15, -0.1) is 11.3 Å². The lowest BCUT2D eigenvalue weighted by Crippen LogP contribution is -2.09. The molecule has 72 valence electrons. The van der Waals surface area contributed by atoms with Crippen molar-refractivity contribution in [2.45, 2.75) is 6.92 Å². The topological polar surface area (TPSA) is 71.8 Å². The van der Waals surface area contributed by atoms with E-state index >= 15 is 0 Å². The van der Waals surface area contributed by atoms with Gasteiger partial charge in [-0.1, -0.05) is 0 Å². The molecule has 0 spiro atoms. The molecule has 2 aromatic rings. The molecule has 0 amide bonds. The van der Waals surface area contributed by atoms with Crippen LogP contribution in [-0.2, 0) is 0 Å². The number of rotatable bonds is 1. The molecule has 4 nitrogen and oxygen atoms in total. The Bertz CT molecular complexity index is 515. The van der Waals surface area contributed by atoms with Gasteiger partial charge >= 0.3 is 0 Å². The van der Waals surface area contributed by atoms with Crippen molar-refractivity contribution < 1.29 is 0 Å². The van der Waals surface area contributed by atoms with Crippen LogP contribution in [0.15, 0.2) is 22.3 Å². The first-order valence-electron chi connectivity index (χ1n) is 4.08. The Morgan fingerprint density at radius 3 is 2.86 bits per heavy atom. The van der Waals surface area contributed by atoms with Crippen LogP contribution >= 0.6 is 11.3 Å². The van der Waals surface area contributed by atoms with Crippen LogP contribution in [0.5, 0.6) is 0 Å². The summed E-state index contributed by atoms with van der Waals surface area (Å²) in [6.07, 6.45) is 0. The van der Waals surface area contributed by atoms with E-state index in [4.69, 9.17) is 5.73 Å². The molecule has 3 N–H and O–H groups in total. The Balaban J connectivity index is 2.57. The Kier molecular flexibility index (Phi) is 2.09. The molecule has 2 rings (SSSR count). The van der Waals surface area contributed by atoms with Crippen LogP contribution in [0.3, 0.4) is 0 Å². The quantitative estimate of drug-likeness (QED) is 0.742. The summed E-state index contributed by atoms with van der Waals surface area (Å²) in [5.74, 6) is 0. The number of hydrogen-bond acceptors (Lipinski definition) is 4. The predicted octanol–water partition coefficient (Wildman–Crippen LogP) is 1.39. The van der Waals surface area contributed by atoms with Crippen molar-refractivity contribution in [2.24, 2.45) is 0 Å². The van der Waals surface area contributed by atoms with Crippen LogP contribution < -0.4 is 11.3 Å². The second-order valence-electron chi connectivity index (χ2n) is 2.96. The zero-order chi connectivity index (χ0) is 10.1. The van der Waals surface area contributed by atoms with Crippen molar-refractivity contribution in [3.8, 4) is 11.3 Å². The first-order valence-corrected chi connectivity index (χ1v) is 4.96. The summed E-state index contributed by atoms with van der Waals surface area (Å²) in [4.78, 5) is 18.3. The van der Waals surface area contributed by atoms with Gasteiger partial charge < -0.3 is 10.7 Å². The maximum atomic E-state index is 11.5. The Labute approximate surface area is 84.4 Å². The number of nitrogens with zero attached hydrogens (tertiary/aromatic N) is 1. The van der Waals surface area contributed by atoms with Crippen LogP contribution in [0.25, 0.3) is 11.3 Å². The third-order valence-electron chi connectivity index (χ3n) is 1.85. The second kappa shape index (κ2) is 3.26. The lowest BCUT2D eigenvalue weighted by Gasteiger charge is -1.96. The highest BCUT2D eigenvalue weighted by Gasteiger charge is 2.06. The molecule has 0 aromatic carbocycles. The molecule has 0 bridgehead atoms. The number of pyridine rings is 1. The molecule has 0 aliphatic rings. The summed E-state index contributed by atoms with van der Waals surface area (Å²) in [6, 6.07) is 3.59. The van der Waals surface area contributed by atoms with Gasteiger partial charge in [0.25, 0.3) is 5.56 Å². The smallest absolute Gasteiger partial charge is 0.257 e. The fourth-order valence-corrected chi connectivity index (χ4v) is 1.75. The highest BCUT2D eigenvalue weighted by molar-refractivity contribution is 7.13. The highest BCUT2D eigenvalue weighted by Crippen LogP contribution is 2.19. The summed E-state index contributed by atoms with van der Waals surface area (Å²) in [6.45, 7) is 1.83. The van der Waals surface area contributed by atoms with E-state index in [2.05, 4.69) is 9.97 Å². The van der Waals surface area contributed by atoms with Crippen LogP contribution in [0.4, 0.5) is 5.13 Å². The number of nitrogen functional groups attached to an aromatic ring is 1. The van der Waals surface area contributed by atoms with Gasteiger partial charge in [-0.05, 0) is 19.1 Å². The van der Waals surface area contributed by atoms with E-state index in [-0.39, 0.29) is 5.56 Å². The molecular formula is C9H9N3OS. The van der Waals surface area contributed by atoms with Gasteiger partial charge in [0, 0.05) is 11.1 Å². The van der Waals surface area contributed by atoms with E-state index in [1.165, 1.54) is 11.3 Å². The average molecular weight is 207 g/mol. The maximum absolute atomic E-state index is 11.5. The monoisotopic (exact) mass is 207 g/mol. The summed E-state index contributed by atoms with van der Waals surface area (Å²) >= 11 is 1.33. The number of nitrogens with one attached hydrogen (secondary N) is 1. The summed E-state index contributed by atoms with van der Waals surface area (Å²) in [5.41, 5.74) is 7.39. The molecule has 0 aliphatic heterocycles. The average Bonchev–Trinajstić information content (AvgIpc) is 2.51. The third kappa shape index (κ3) is 1.54. The SMILES string of the molecule is Cc1ccc(-c2csc(N)n2)c(=O)[nH]1. The number of anilines is 1. The van der Waals surface area contributed by atoms with E-state index in [0.29, 0.717) is 16.4 Å². The van der Waals surface area contributed by atoms with Crippen LogP contribution in [0, 0.1) is 6.92 Å². The van der Waals surface area contributed by atoms with Crippen molar-refractivity contribution in [1.29, 1.82) is 0 Å². The van der Waals surface area contributed by atoms with Gasteiger partial charge in [0.1, 0.15) is 0 Å². The lowest BCUT2D eigenvalue weighted by molar-refractivity contribution is 1.14. The number of aromatic nitrogens is 2. The van der Waals surface area contributed by atoms with Gasteiger partial charge in [0.15, 0.2) is 5.13 Å². The normalized spacial score (nSPS) is 10.4. The summed E-state index contributed by atoms with van der Waals surface area (Å²) in [5, 5.41) is 2.25. The fraction of sp³-hybridized carbons (Fsp3) is 0.111. The van der Waals surface area contributed by atoms with Crippen molar-refractivity contribution in [3.63, 3.8) is 0 Å². The molecule has 2 aromatic heterocycles. The van der Waals surface area contributed by atoms with Gasteiger partial charge in [0.2, 0.25) is 0 Å². The van der Waals surface area contributed by atoms with Gasteiger partial charge in [-0.25, -0.2) is 4.98 Å². The number of hydrogen-bond donors (Lipinski definition) is 2. The Morgan fingerprint density at radius 1 is 1.50 bits per heavy atom. The molecule has 0 saturated carbocycles. The Hall–Kier alpha value is -1.62. The number of nitrogens with two attached hydrogens (primary N) is 1. The second-order valence-corrected chi connectivity index (χ2v) is 3.84. The minimum atomic E-state index is -0.129. The van der Waals surface area contributed by atoms with E-state index in [0.717, 1.165) is 5.69 Å². The zero-order valence-electron chi connectivity index (χ0n) is 7.57. The molecular weight excluding hydrogens is 198 g/mol. The van der Waals surface area contributed by atoms with Crippen LogP contribution in [-0.4, -0.2) is 9.97 Å². The van der Waals surface area contributed by atoms with Gasteiger partial charge in [-0.3, -0.25) is 4.79 Å². The van der Waals surface area contributed by atoms with E-state index in [1.807, 2.05) is 13.0 Å². The highest BCUT2D eigenvalue weighted by atomic mass is 32.1. The van der Waals surface area contributed by atoms with Crippen molar-refractivity contribution in [2.75, 3.05) is 5.73 Å². The number of aromatic amines is 1. The molecule has 5 heteroatoms. The minimum Gasteiger partial charge on any atom is -0.375 e. The van der Waals surface area contributed by atoms with Gasteiger partial charge in [0.05, 0.1) is 11.3 Å². The summed E-state index contributed by atoms with van der Waals surface area (Å²) in [7, 11) is 0. The number of H-pyrrole nitrogens is 1. The van der Waals surface area contributed by atoms with Crippen LogP contribution in [0.1, 0.15) is 5.69 Å². The number of thiazole rings is 1. The zero-order valence-corrected chi connectivity index (χ0v) is 8.39. The number of aryl methyl sites for hydroxylation is 1. The minimum absolute atomic E-state index is 0.129. The summed E-state index contributed by atoms with van der Waals surface area (Å²) < 4.78 is 0. The first kappa shape index (κ1) is 8.96. The lowest BCUT2D eigenvalue weighted by atomic mass is 10.2. The van der Waals surface area contributed by atoms with Crippen LogP contribution in [0.2, 0.25) is 0 Å². The molecule has 0 radical (unpaired) electrons. The molecule has 0 atom stereocenters. The predicted molar refractivity (Wildman–Crippen MR) is 57.3 cm³/mol. The van der Waals surface area contributed by atoms with Crippen molar-refractivity contribution >= 4 is 16.5 Å². The Morgan fingerprint density at radius 2 is 2.29 bits per heavy atom. The molecule has 0 fully saturated rings.